The second kappa shape index (κ2) is 8.27. The molecule has 0 saturated carbocycles. The van der Waals surface area contributed by atoms with Gasteiger partial charge < -0.3 is 9.84 Å². The van der Waals surface area contributed by atoms with Crippen molar-refractivity contribution in [3.63, 3.8) is 0 Å². The molecule has 0 aromatic heterocycles. The second-order valence-corrected chi connectivity index (χ2v) is 4.54. The molecule has 1 aromatic carbocycles. The third-order valence-corrected chi connectivity index (χ3v) is 2.83. The number of ketones is 2. The van der Waals surface area contributed by atoms with E-state index in [9.17, 15) is 14.7 Å². The van der Waals surface area contributed by atoms with Crippen molar-refractivity contribution >= 4 is 11.6 Å². The van der Waals surface area contributed by atoms with Crippen LogP contribution in [0.2, 0.25) is 0 Å². The monoisotopic (exact) mass is 276 g/mol. The summed E-state index contributed by atoms with van der Waals surface area (Å²) in [6.45, 7) is 5.38. The maximum absolute atomic E-state index is 11.5. The molecule has 1 atom stereocenters. The van der Waals surface area contributed by atoms with Crippen LogP contribution in [0.4, 0.5) is 0 Å². The van der Waals surface area contributed by atoms with Gasteiger partial charge in [0.05, 0.1) is 6.61 Å². The van der Waals surface area contributed by atoms with Crippen molar-refractivity contribution in [2.24, 2.45) is 0 Å². The highest BCUT2D eigenvalue weighted by Gasteiger charge is 2.11. The largest absolute Gasteiger partial charge is 0.494 e. The molecule has 4 nitrogen and oxygen atoms in total. The fraction of sp³-hybridized carbons (Fsp3) is 0.375. The third kappa shape index (κ3) is 5.36. The molecule has 0 radical (unpaired) electrons. The van der Waals surface area contributed by atoms with Gasteiger partial charge in [-0.05, 0) is 50.1 Å². The standard InChI is InChI=1S/C16H20O4/c1-3-14(18)6-4-5-11-20-15-9-7-13(8-10-15)16(19)12(2)17/h3,7-10,12,17H,1,4-6,11H2,2H3. The lowest BCUT2D eigenvalue weighted by molar-refractivity contribution is -0.114. The molecule has 0 bridgehead atoms. The molecule has 0 spiro atoms. The van der Waals surface area contributed by atoms with Crippen molar-refractivity contribution < 1.29 is 19.4 Å². The molecule has 1 rings (SSSR count). The number of hydrogen-bond donors (Lipinski definition) is 1. The molecule has 108 valence electrons. The average Bonchev–Trinajstić information content (AvgIpc) is 2.46. The number of carbonyl (C=O) groups is 2. The highest BCUT2D eigenvalue weighted by Crippen LogP contribution is 2.14. The molecular weight excluding hydrogens is 256 g/mol. The van der Waals surface area contributed by atoms with Crippen LogP contribution in [0.15, 0.2) is 36.9 Å². The summed E-state index contributed by atoms with van der Waals surface area (Å²) in [5, 5.41) is 9.19. The number of allylic oxidation sites excluding steroid dienone is 1. The number of hydrogen-bond acceptors (Lipinski definition) is 4. The summed E-state index contributed by atoms with van der Waals surface area (Å²) in [6, 6.07) is 6.66. The number of ether oxygens (including phenoxy) is 1. The van der Waals surface area contributed by atoms with E-state index in [4.69, 9.17) is 4.74 Å². The van der Waals surface area contributed by atoms with Crippen molar-refractivity contribution in [3.8, 4) is 5.75 Å². The van der Waals surface area contributed by atoms with Gasteiger partial charge in [0.25, 0.3) is 0 Å². The van der Waals surface area contributed by atoms with Crippen LogP contribution in [-0.4, -0.2) is 29.4 Å². The number of rotatable bonds is 9. The van der Waals surface area contributed by atoms with Gasteiger partial charge in [-0.3, -0.25) is 9.59 Å². The van der Waals surface area contributed by atoms with E-state index >= 15 is 0 Å². The van der Waals surface area contributed by atoms with E-state index in [1.165, 1.54) is 13.0 Å². The molecule has 0 fully saturated rings. The first kappa shape index (κ1) is 16.1. The number of aliphatic hydroxyl groups excluding tert-OH is 1. The van der Waals surface area contributed by atoms with Crippen LogP contribution in [0.5, 0.6) is 5.75 Å². The Balaban J connectivity index is 2.33. The molecule has 0 aliphatic rings. The summed E-state index contributed by atoms with van der Waals surface area (Å²) in [4.78, 5) is 22.5. The summed E-state index contributed by atoms with van der Waals surface area (Å²) >= 11 is 0. The van der Waals surface area contributed by atoms with Gasteiger partial charge in [-0.1, -0.05) is 6.58 Å². The molecule has 1 aromatic rings. The van der Waals surface area contributed by atoms with E-state index < -0.39 is 6.10 Å². The Hall–Kier alpha value is -1.94. The quantitative estimate of drug-likeness (QED) is 0.428. The Morgan fingerprint density at radius 3 is 2.50 bits per heavy atom. The fourth-order valence-electron chi connectivity index (χ4n) is 1.65. The van der Waals surface area contributed by atoms with Crippen LogP contribution in [-0.2, 0) is 4.79 Å². The lowest BCUT2D eigenvalue weighted by atomic mass is 10.1. The van der Waals surface area contributed by atoms with Crippen LogP contribution < -0.4 is 4.74 Å². The highest BCUT2D eigenvalue weighted by atomic mass is 16.5. The zero-order chi connectivity index (χ0) is 15.0. The lowest BCUT2D eigenvalue weighted by Gasteiger charge is -2.07. The minimum absolute atomic E-state index is 0.0472. The van der Waals surface area contributed by atoms with Gasteiger partial charge in [-0.15, -0.1) is 0 Å². The molecule has 1 unspecified atom stereocenters. The smallest absolute Gasteiger partial charge is 0.190 e. The maximum Gasteiger partial charge on any atom is 0.190 e. The number of carbonyl (C=O) groups excluding carboxylic acids is 2. The molecule has 0 saturated heterocycles. The number of Topliss-reactive ketones (excluding diaryl/α,β-unsaturated/α-hetero) is 1. The molecule has 0 aliphatic carbocycles. The summed E-state index contributed by atoms with van der Waals surface area (Å²) in [7, 11) is 0. The van der Waals surface area contributed by atoms with Gasteiger partial charge in [-0.2, -0.15) is 0 Å². The van der Waals surface area contributed by atoms with Crippen molar-refractivity contribution in [1.82, 2.24) is 0 Å². The van der Waals surface area contributed by atoms with E-state index in [1.807, 2.05) is 0 Å². The Kier molecular flexibility index (Phi) is 6.67. The zero-order valence-corrected chi connectivity index (χ0v) is 11.7. The summed E-state index contributed by atoms with van der Waals surface area (Å²) in [5.41, 5.74) is 0.462. The van der Waals surface area contributed by atoms with Gasteiger partial charge >= 0.3 is 0 Å². The van der Waals surface area contributed by atoms with Gasteiger partial charge in [0.15, 0.2) is 11.6 Å². The first-order chi connectivity index (χ1) is 9.54. The van der Waals surface area contributed by atoms with Crippen molar-refractivity contribution in [2.45, 2.75) is 32.3 Å². The SMILES string of the molecule is C=CC(=O)CCCCOc1ccc(C(=O)C(C)O)cc1. The minimum Gasteiger partial charge on any atom is -0.494 e. The molecule has 1 N–H and O–H groups in total. The summed E-state index contributed by atoms with van der Waals surface area (Å²) < 4.78 is 5.51. The predicted octanol–water partition coefficient (Wildman–Crippen LogP) is 2.55. The maximum atomic E-state index is 11.5. The van der Waals surface area contributed by atoms with Crippen molar-refractivity contribution in [1.29, 1.82) is 0 Å². The Labute approximate surface area is 119 Å². The number of benzene rings is 1. The highest BCUT2D eigenvalue weighted by molar-refractivity contribution is 5.99. The third-order valence-electron chi connectivity index (χ3n) is 2.83. The zero-order valence-electron chi connectivity index (χ0n) is 11.7. The molecule has 0 amide bonds. The topological polar surface area (TPSA) is 63.6 Å². The fourth-order valence-corrected chi connectivity index (χ4v) is 1.65. The van der Waals surface area contributed by atoms with Gasteiger partial charge in [0, 0.05) is 12.0 Å². The second-order valence-electron chi connectivity index (χ2n) is 4.54. The van der Waals surface area contributed by atoms with E-state index in [2.05, 4.69) is 6.58 Å². The molecule has 0 aliphatic heterocycles. The average molecular weight is 276 g/mol. The van der Waals surface area contributed by atoms with Crippen LogP contribution >= 0.6 is 0 Å². The summed E-state index contributed by atoms with van der Waals surface area (Å²) in [5.74, 6) is 0.410. The molecule has 0 heterocycles. The van der Waals surface area contributed by atoms with E-state index in [0.29, 0.717) is 24.3 Å². The van der Waals surface area contributed by atoms with Crippen molar-refractivity contribution in [3.05, 3.63) is 42.5 Å². The van der Waals surface area contributed by atoms with Gasteiger partial charge in [0.1, 0.15) is 11.9 Å². The Morgan fingerprint density at radius 1 is 1.30 bits per heavy atom. The first-order valence-corrected chi connectivity index (χ1v) is 6.65. The van der Waals surface area contributed by atoms with Crippen molar-refractivity contribution in [2.75, 3.05) is 6.61 Å². The van der Waals surface area contributed by atoms with Crippen LogP contribution in [0, 0.1) is 0 Å². The molecular formula is C16H20O4. The predicted molar refractivity (Wildman–Crippen MR) is 77.0 cm³/mol. The molecule has 4 heteroatoms. The van der Waals surface area contributed by atoms with E-state index in [0.717, 1.165) is 12.8 Å². The van der Waals surface area contributed by atoms with Crippen LogP contribution in [0.1, 0.15) is 36.5 Å². The number of unbranched alkanes of at least 4 members (excludes halogenated alkanes) is 1. The minimum atomic E-state index is -0.996. The number of aliphatic hydroxyl groups is 1. The van der Waals surface area contributed by atoms with Crippen LogP contribution in [0.3, 0.4) is 0 Å². The van der Waals surface area contributed by atoms with E-state index in [1.54, 1.807) is 24.3 Å². The normalized spacial score (nSPS) is 11.7. The lowest BCUT2D eigenvalue weighted by Crippen LogP contribution is -2.15. The van der Waals surface area contributed by atoms with Gasteiger partial charge in [0.2, 0.25) is 0 Å². The Morgan fingerprint density at radius 2 is 1.95 bits per heavy atom. The van der Waals surface area contributed by atoms with Gasteiger partial charge in [-0.25, -0.2) is 0 Å². The molecule has 20 heavy (non-hydrogen) atoms. The van der Waals surface area contributed by atoms with Crippen LogP contribution in [0.25, 0.3) is 0 Å². The summed E-state index contributed by atoms with van der Waals surface area (Å²) in [6.07, 6.45) is 2.38. The Bertz CT molecular complexity index is 460. The van der Waals surface area contributed by atoms with E-state index in [-0.39, 0.29) is 11.6 Å². The first-order valence-electron chi connectivity index (χ1n) is 6.65.